The van der Waals surface area contributed by atoms with Crippen LogP contribution in [0.4, 0.5) is 0 Å². The second kappa shape index (κ2) is 5.11. The normalized spacial score (nSPS) is 23.6. The third-order valence-corrected chi connectivity index (χ3v) is 4.35. The molecule has 0 spiro atoms. The smallest absolute Gasteiger partial charge is 0.176 e. The van der Waals surface area contributed by atoms with Crippen LogP contribution in [0.15, 0.2) is 22.6 Å². The van der Waals surface area contributed by atoms with Crippen molar-refractivity contribution in [2.75, 3.05) is 27.2 Å². The molecule has 0 aliphatic carbocycles. The molecule has 0 bridgehead atoms. The maximum absolute atomic E-state index is 5.83. The average Bonchev–Trinajstić information content (AvgIpc) is 3.00. The SMILES string of the molecule is COc1ccc(C2CC(CN)CN2C)c2cc(C)oc12. The molecule has 0 radical (unpaired) electrons. The number of rotatable bonds is 3. The molecule has 1 aliphatic rings. The number of fused-ring (bicyclic) bond motifs is 1. The van der Waals surface area contributed by atoms with E-state index in [9.17, 15) is 0 Å². The molecule has 2 N–H and O–H groups in total. The van der Waals surface area contributed by atoms with Crippen molar-refractivity contribution in [1.29, 1.82) is 0 Å². The lowest BCUT2D eigenvalue weighted by Gasteiger charge is -2.20. The fraction of sp³-hybridized carbons (Fsp3) is 0.500. The van der Waals surface area contributed by atoms with Gasteiger partial charge >= 0.3 is 0 Å². The van der Waals surface area contributed by atoms with Gasteiger partial charge < -0.3 is 14.9 Å². The molecule has 1 saturated heterocycles. The first-order chi connectivity index (χ1) is 9.63. The third kappa shape index (κ3) is 2.09. The molecule has 1 fully saturated rings. The first-order valence-electron chi connectivity index (χ1n) is 7.11. The fourth-order valence-electron chi connectivity index (χ4n) is 3.33. The molecule has 3 rings (SSSR count). The number of aryl methyl sites for hydroxylation is 1. The van der Waals surface area contributed by atoms with E-state index in [0.717, 1.165) is 42.0 Å². The zero-order chi connectivity index (χ0) is 14.3. The summed E-state index contributed by atoms with van der Waals surface area (Å²) in [6.07, 6.45) is 1.11. The Morgan fingerprint density at radius 2 is 2.25 bits per heavy atom. The highest BCUT2D eigenvalue weighted by Gasteiger charge is 2.31. The summed E-state index contributed by atoms with van der Waals surface area (Å²) in [5.74, 6) is 2.30. The molecular formula is C16H22N2O2. The van der Waals surface area contributed by atoms with Crippen LogP contribution in [0.5, 0.6) is 5.75 Å². The maximum Gasteiger partial charge on any atom is 0.176 e. The van der Waals surface area contributed by atoms with Crippen molar-refractivity contribution < 1.29 is 9.15 Å². The van der Waals surface area contributed by atoms with E-state index in [1.54, 1.807) is 7.11 Å². The summed E-state index contributed by atoms with van der Waals surface area (Å²) in [4.78, 5) is 2.39. The quantitative estimate of drug-likeness (QED) is 0.935. The second-order valence-electron chi connectivity index (χ2n) is 5.75. The summed E-state index contributed by atoms with van der Waals surface area (Å²) in [6, 6.07) is 6.69. The summed E-state index contributed by atoms with van der Waals surface area (Å²) < 4.78 is 11.2. The minimum atomic E-state index is 0.411. The molecule has 1 aliphatic heterocycles. The van der Waals surface area contributed by atoms with Crippen LogP contribution < -0.4 is 10.5 Å². The second-order valence-corrected chi connectivity index (χ2v) is 5.75. The van der Waals surface area contributed by atoms with Gasteiger partial charge in [-0.1, -0.05) is 6.07 Å². The van der Waals surface area contributed by atoms with Crippen molar-refractivity contribution >= 4 is 11.0 Å². The zero-order valence-electron chi connectivity index (χ0n) is 12.3. The molecule has 0 saturated carbocycles. The third-order valence-electron chi connectivity index (χ3n) is 4.35. The van der Waals surface area contributed by atoms with Crippen LogP contribution in [0, 0.1) is 12.8 Å². The summed E-state index contributed by atoms with van der Waals surface area (Å²) in [7, 11) is 3.85. The molecule has 2 heterocycles. The summed E-state index contributed by atoms with van der Waals surface area (Å²) in [6.45, 7) is 3.79. The number of nitrogens with two attached hydrogens (primary N) is 1. The van der Waals surface area contributed by atoms with Gasteiger partial charge in [0, 0.05) is 18.0 Å². The maximum atomic E-state index is 5.83. The number of nitrogens with zero attached hydrogens (tertiary/aromatic N) is 1. The van der Waals surface area contributed by atoms with Gasteiger partial charge in [0.2, 0.25) is 0 Å². The first kappa shape index (κ1) is 13.5. The predicted octanol–water partition coefficient (Wildman–Crippen LogP) is 2.70. The van der Waals surface area contributed by atoms with Crippen LogP contribution in [-0.4, -0.2) is 32.1 Å². The van der Waals surface area contributed by atoms with Crippen LogP contribution >= 0.6 is 0 Å². The molecule has 2 atom stereocenters. The van der Waals surface area contributed by atoms with Crippen molar-refractivity contribution in [3.8, 4) is 5.75 Å². The number of ether oxygens (including phenoxy) is 1. The Morgan fingerprint density at radius 3 is 2.90 bits per heavy atom. The number of furan rings is 1. The van der Waals surface area contributed by atoms with E-state index in [1.165, 1.54) is 5.56 Å². The van der Waals surface area contributed by atoms with Gasteiger partial charge in [-0.05, 0) is 50.6 Å². The molecular weight excluding hydrogens is 252 g/mol. The van der Waals surface area contributed by atoms with Crippen molar-refractivity contribution in [2.24, 2.45) is 11.7 Å². The summed E-state index contributed by atoms with van der Waals surface area (Å²) in [5.41, 5.74) is 8.00. The van der Waals surface area contributed by atoms with Crippen molar-refractivity contribution in [2.45, 2.75) is 19.4 Å². The van der Waals surface area contributed by atoms with E-state index in [-0.39, 0.29) is 0 Å². The fourth-order valence-corrected chi connectivity index (χ4v) is 3.33. The van der Waals surface area contributed by atoms with Gasteiger partial charge in [0.25, 0.3) is 0 Å². The number of likely N-dealkylation sites (tertiary alicyclic amines) is 1. The summed E-state index contributed by atoms with van der Waals surface area (Å²) >= 11 is 0. The monoisotopic (exact) mass is 274 g/mol. The van der Waals surface area contributed by atoms with Gasteiger partial charge in [0.15, 0.2) is 11.3 Å². The molecule has 20 heavy (non-hydrogen) atoms. The van der Waals surface area contributed by atoms with Crippen molar-refractivity contribution in [3.05, 3.63) is 29.5 Å². The summed E-state index contributed by atoms with van der Waals surface area (Å²) in [5, 5.41) is 1.16. The van der Waals surface area contributed by atoms with Crippen LogP contribution in [0.25, 0.3) is 11.0 Å². The molecule has 4 heteroatoms. The Kier molecular flexibility index (Phi) is 3.44. The Hall–Kier alpha value is -1.52. The number of hydrogen-bond donors (Lipinski definition) is 1. The van der Waals surface area contributed by atoms with Gasteiger partial charge in [0.05, 0.1) is 7.11 Å². The topological polar surface area (TPSA) is 51.6 Å². The van der Waals surface area contributed by atoms with Gasteiger partial charge in [-0.25, -0.2) is 0 Å². The molecule has 4 nitrogen and oxygen atoms in total. The Morgan fingerprint density at radius 1 is 1.45 bits per heavy atom. The zero-order valence-corrected chi connectivity index (χ0v) is 12.3. The van der Waals surface area contributed by atoms with Gasteiger partial charge in [-0.15, -0.1) is 0 Å². The lowest BCUT2D eigenvalue weighted by Crippen LogP contribution is -2.20. The molecule has 108 valence electrons. The van der Waals surface area contributed by atoms with Crippen LogP contribution in [-0.2, 0) is 0 Å². The lowest BCUT2D eigenvalue weighted by molar-refractivity contribution is 0.315. The molecule has 2 aromatic rings. The standard InChI is InChI=1S/C16H22N2O2/c1-10-6-13-12(4-5-15(19-3)16(13)20-10)14-7-11(8-17)9-18(14)2/h4-6,11,14H,7-9,17H2,1-3H3. The van der Waals surface area contributed by atoms with Crippen molar-refractivity contribution in [1.82, 2.24) is 4.90 Å². The van der Waals surface area contributed by atoms with Gasteiger partial charge in [0.1, 0.15) is 5.76 Å². The highest BCUT2D eigenvalue weighted by Crippen LogP contribution is 2.40. The van der Waals surface area contributed by atoms with Crippen LogP contribution in [0.1, 0.15) is 23.8 Å². The predicted molar refractivity (Wildman–Crippen MR) is 80.0 cm³/mol. The number of benzene rings is 1. The van der Waals surface area contributed by atoms with E-state index in [2.05, 4.69) is 24.1 Å². The largest absolute Gasteiger partial charge is 0.493 e. The van der Waals surface area contributed by atoms with Crippen LogP contribution in [0.2, 0.25) is 0 Å². The molecule has 1 aromatic heterocycles. The van der Waals surface area contributed by atoms with E-state index >= 15 is 0 Å². The Bertz CT molecular complexity index is 620. The molecule has 2 unspecified atom stereocenters. The Balaban J connectivity index is 2.08. The van der Waals surface area contributed by atoms with E-state index < -0.39 is 0 Å². The number of hydrogen-bond acceptors (Lipinski definition) is 4. The van der Waals surface area contributed by atoms with Gasteiger partial charge in [-0.3, -0.25) is 4.90 Å². The lowest BCUT2D eigenvalue weighted by atomic mass is 9.97. The highest BCUT2D eigenvalue weighted by atomic mass is 16.5. The average molecular weight is 274 g/mol. The molecule has 1 aromatic carbocycles. The van der Waals surface area contributed by atoms with E-state index in [0.29, 0.717) is 12.0 Å². The van der Waals surface area contributed by atoms with Crippen molar-refractivity contribution in [3.63, 3.8) is 0 Å². The number of methoxy groups -OCH3 is 1. The van der Waals surface area contributed by atoms with E-state index in [1.807, 2.05) is 13.0 Å². The first-order valence-corrected chi connectivity index (χ1v) is 7.11. The van der Waals surface area contributed by atoms with Crippen LogP contribution in [0.3, 0.4) is 0 Å². The minimum absolute atomic E-state index is 0.411. The van der Waals surface area contributed by atoms with Gasteiger partial charge in [-0.2, -0.15) is 0 Å². The molecule has 0 amide bonds. The Labute approximate surface area is 119 Å². The van der Waals surface area contributed by atoms with E-state index in [4.69, 9.17) is 14.9 Å². The highest BCUT2D eigenvalue weighted by molar-refractivity contribution is 5.87. The minimum Gasteiger partial charge on any atom is -0.493 e.